The van der Waals surface area contributed by atoms with E-state index in [1.54, 1.807) is 0 Å². The van der Waals surface area contributed by atoms with Crippen LogP contribution in [-0.4, -0.2) is 65.3 Å². The summed E-state index contributed by atoms with van der Waals surface area (Å²) >= 11 is 0. The summed E-state index contributed by atoms with van der Waals surface area (Å²) in [5.41, 5.74) is 2.10. The van der Waals surface area contributed by atoms with Crippen molar-refractivity contribution in [1.82, 2.24) is 19.8 Å². The van der Waals surface area contributed by atoms with Crippen molar-refractivity contribution in [2.75, 3.05) is 38.6 Å². The molecule has 0 bridgehead atoms. The van der Waals surface area contributed by atoms with Crippen LogP contribution in [0.5, 0.6) is 0 Å². The van der Waals surface area contributed by atoms with Gasteiger partial charge in [-0.15, -0.1) is 0 Å². The molecule has 0 N–H and O–H groups in total. The third-order valence-electron chi connectivity index (χ3n) is 6.57. The van der Waals surface area contributed by atoms with Crippen LogP contribution in [0.15, 0.2) is 36.4 Å². The molecule has 4 rings (SSSR count). The van der Waals surface area contributed by atoms with Gasteiger partial charge < -0.3 is 14.7 Å². The summed E-state index contributed by atoms with van der Waals surface area (Å²) in [6.45, 7) is 4.75. The predicted octanol–water partition coefficient (Wildman–Crippen LogP) is 3.17. The maximum Gasteiger partial charge on any atom is 0.223 e. The maximum atomic E-state index is 12.7. The zero-order chi connectivity index (χ0) is 22.7. The molecule has 7 heteroatoms. The third-order valence-corrected chi connectivity index (χ3v) is 6.57. The predicted molar refractivity (Wildman–Crippen MR) is 124 cm³/mol. The number of likely N-dealkylation sites (tertiary alicyclic amines) is 2. The topological polar surface area (TPSA) is 69.6 Å². The Balaban J connectivity index is 1.51. The van der Waals surface area contributed by atoms with Gasteiger partial charge >= 0.3 is 0 Å². The van der Waals surface area contributed by atoms with Crippen LogP contribution in [0, 0.1) is 0 Å². The number of carbonyl (C=O) groups is 2. The first kappa shape index (κ1) is 22.2. The molecule has 32 heavy (non-hydrogen) atoms. The van der Waals surface area contributed by atoms with Gasteiger partial charge in [0.1, 0.15) is 11.6 Å². The minimum Gasteiger partial charge on any atom is -0.363 e. The Labute approximate surface area is 190 Å². The molecule has 2 aliphatic rings. The van der Waals surface area contributed by atoms with E-state index in [1.807, 2.05) is 60.0 Å². The monoisotopic (exact) mass is 435 g/mol. The van der Waals surface area contributed by atoms with Crippen molar-refractivity contribution in [2.24, 2.45) is 0 Å². The van der Waals surface area contributed by atoms with Gasteiger partial charge in [-0.3, -0.25) is 9.59 Å². The largest absolute Gasteiger partial charge is 0.363 e. The van der Waals surface area contributed by atoms with Crippen molar-refractivity contribution in [3.8, 4) is 0 Å². The first-order valence-corrected chi connectivity index (χ1v) is 11.6. The summed E-state index contributed by atoms with van der Waals surface area (Å²) in [5, 5.41) is 0. The van der Waals surface area contributed by atoms with Crippen molar-refractivity contribution in [3.63, 3.8) is 0 Å². The maximum absolute atomic E-state index is 12.7. The van der Waals surface area contributed by atoms with E-state index in [0.717, 1.165) is 48.8 Å². The van der Waals surface area contributed by atoms with Crippen molar-refractivity contribution >= 4 is 17.6 Å². The highest BCUT2D eigenvalue weighted by Crippen LogP contribution is 2.33. The van der Waals surface area contributed by atoms with Crippen LogP contribution in [0.25, 0.3) is 0 Å². The zero-order valence-corrected chi connectivity index (χ0v) is 19.3. The number of amides is 2. The Kier molecular flexibility index (Phi) is 6.72. The van der Waals surface area contributed by atoms with Crippen LogP contribution >= 0.6 is 0 Å². The van der Waals surface area contributed by atoms with Crippen LogP contribution in [0.4, 0.5) is 5.82 Å². The summed E-state index contributed by atoms with van der Waals surface area (Å²) < 4.78 is 0. The van der Waals surface area contributed by atoms with E-state index < -0.39 is 0 Å². The number of hydrogen-bond donors (Lipinski definition) is 0. The number of carbonyl (C=O) groups excluding carboxylic acids is 2. The van der Waals surface area contributed by atoms with Crippen LogP contribution in [0.3, 0.4) is 0 Å². The fraction of sp³-hybridized carbons (Fsp3) is 0.520. The second-order valence-corrected chi connectivity index (χ2v) is 9.07. The number of benzene rings is 1. The standard InChI is InChI=1S/C25H33N5O2/c1-4-23(31)29-12-10-19(11-13-29)25-26-21(15-22(27-25)28(2)3)20-14-24(32)30(17-20)16-18-8-6-5-7-9-18/h5-9,15,19-20H,4,10-14,16-17H2,1-3H3. The van der Waals surface area contributed by atoms with E-state index in [-0.39, 0.29) is 23.7 Å². The number of nitrogens with zero attached hydrogens (tertiary/aromatic N) is 5. The van der Waals surface area contributed by atoms with Crippen LogP contribution in [-0.2, 0) is 16.1 Å². The van der Waals surface area contributed by atoms with Gasteiger partial charge in [0.2, 0.25) is 11.8 Å². The molecule has 0 radical (unpaired) electrons. The molecular formula is C25H33N5O2. The average Bonchev–Trinajstić information content (AvgIpc) is 3.19. The normalized spacial score (nSPS) is 19.5. The van der Waals surface area contributed by atoms with Crippen molar-refractivity contribution < 1.29 is 9.59 Å². The Morgan fingerprint density at radius 3 is 2.47 bits per heavy atom. The molecule has 1 aromatic carbocycles. The second-order valence-electron chi connectivity index (χ2n) is 9.07. The summed E-state index contributed by atoms with van der Waals surface area (Å²) in [6.07, 6.45) is 2.80. The molecule has 2 fully saturated rings. The fourth-order valence-electron chi connectivity index (χ4n) is 4.63. The molecule has 2 aliphatic heterocycles. The molecule has 2 amide bonds. The summed E-state index contributed by atoms with van der Waals surface area (Å²) in [7, 11) is 3.97. The minimum absolute atomic E-state index is 0.0772. The van der Waals surface area contributed by atoms with Gasteiger partial charge in [-0.25, -0.2) is 9.97 Å². The van der Waals surface area contributed by atoms with E-state index >= 15 is 0 Å². The Morgan fingerprint density at radius 2 is 1.81 bits per heavy atom. The molecule has 0 aliphatic carbocycles. The van der Waals surface area contributed by atoms with Crippen LogP contribution < -0.4 is 4.90 Å². The highest BCUT2D eigenvalue weighted by molar-refractivity contribution is 5.79. The smallest absolute Gasteiger partial charge is 0.223 e. The Morgan fingerprint density at radius 1 is 1.09 bits per heavy atom. The number of anilines is 1. The molecule has 3 heterocycles. The van der Waals surface area contributed by atoms with Crippen molar-refractivity contribution in [3.05, 3.63) is 53.5 Å². The average molecular weight is 436 g/mol. The quantitative estimate of drug-likeness (QED) is 0.697. The lowest BCUT2D eigenvalue weighted by molar-refractivity contribution is -0.132. The number of piperidine rings is 1. The van der Waals surface area contributed by atoms with Gasteiger partial charge in [0, 0.05) is 71.0 Å². The first-order chi connectivity index (χ1) is 15.4. The molecule has 170 valence electrons. The van der Waals surface area contributed by atoms with E-state index in [0.29, 0.717) is 25.9 Å². The number of aromatic nitrogens is 2. The third kappa shape index (κ3) is 4.92. The molecule has 0 spiro atoms. The van der Waals surface area contributed by atoms with E-state index in [2.05, 4.69) is 12.1 Å². The molecule has 2 saturated heterocycles. The highest BCUT2D eigenvalue weighted by atomic mass is 16.2. The van der Waals surface area contributed by atoms with Gasteiger partial charge in [-0.2, -0.15) is 0 Å². The van der Waals surface area contributed by atoms with E-state index in [9.17, 15) is 9.59 Å². The lowest BCUT2D eigenvalue weighted by Crippen LogP contribution is -2.37. The second kappa shape index (κ2) is 9.67. The Bertz CT molecular complexity index is 954. The van der Waals surface area contributed by atoms with Gasteiger partial charge in [0.15, 0.2) is 0 Å². The summed E-state index contributed by atoms with van der Waals surface area (Å²) in [5.74, 6) is 2.45. The van der Waals surface area contributed by atoms with Gasteiger partial charge in [0.25, 0.3) is 0 Å². The molecule has 7 nitrogen and oxygen atoms in total. The van der Waals surface area contributed by atoms with Crippen LogP contribution in [0.2, 0.25) is 0 Å². The van der Waals surface area contributed by atoms with Gasteiger partial charge in [-0.05, 0) is 18.4 Å². The lowest BCUT2D eigenvalue weighted by atomic mass is 9.95. The first-order valence-electron chi connectivity index (χ1n) is 11.6. The summed E-state index contributed by atoms with van der Waals surface area (Å²) in [6, 6.07) is 12.2. The number of hydrogen-bond acceptors (Lipinski definition) is 5. The molecule has 1 atom stereocenters. The Hall–Kier alpha value is -2.96. The van der Waals surface area contributed by atoms with Crippen LogP contribution in [0.1, 0.15) is 61.5 Å². The highest BCUT2D eigenvalue weighted by Gasteiger charge is 2.33. The van der Waals surface area contributed by atoms with Crippen molar-refractivity contribution in [1.29, 1.82) is 0 Å². The SMILES string of the molecule is CCC(=O)N1CCC(c2nc(C3CC(=O)N(Cc4ccccc4)C3)cc(N(C)C)n2)CC1. The lowest BCUT2D eigenvalue weighted by Gasteiger charge is -2.31. The minimum atomic E-state index is 0.0772. The zero-order valence-electron chi connectivity index (χ0n) is 19.3. The van der Waals surface area contributed by atoms with Gasteiger partial charge in [0.05, 0.1) is 5.69 Å². The summed E-state index contributed by atoms with van der Waals surface area (Å²) in [4.78, 5) is 40.4. The van der Waals surface area contributed by atoms with Crippen molar-refractivity contribution in [2.45, 2.75) is 51.0 Å². The molecule has 1 unspecified atom stereocenters. The fourth-order valence-corrected chi connectivity index (χ4v) is 4.63. The van der Waals surface area contributed by atoms with Gasteiger partial charge in [-0.1, -0.05) is 37.3 Å². The molecule has 0 saturated carbocycles. The molecular weight excluding hydrogens is 402 g/mol. The molecule has 2 aromatic rings. The molecule has 1 aromatic heterocycles. The van der Waals surface area contributed by atoms with E-state index in [1.165, 1.54) is 0 Å². The van der Waals surface area contributed by atoms with E-state index in [4.69, 9.17) is 9.97 Å². The number of rotatable bonds is 6.